The Morgan fingerprint density at radius 3 is 2.62 bits per heavy atom. The number of rotatable bonds is 4. The summed E-state index contributed by atoms with van der Waals surface area (Å²) in [7, 11) is 5.59. The van der Waals surface area contributed by atoms with E-state index in [1.54, 1.807) is 0 Å². The van der Waals surface area contributed by atoms with Crippen molar-refractivity contribution in [3.8, 4) is 0 Å². The van der Waals surface area contributed by atoms with Crippen molar-refractivity contribution in [1.82, 2.24) is 4.90 Å². The highest BCUT2D eigenvalue weighted by Gasteiger charge is 1.80. The third-order valence-corrected chi connectivity index (χ3v) is 0.821. The fourth-order valence-electron chi connectivity index (χ4n) is 0.365. The first kappa shape index (κ1) is 7.92. The van der Waals surface area contributed by atoms with Gasteiger partial charge in [0.05, 0.1) is 6.61 Å². The summed E-state index contributed by atoms with van der Waals surface area (Å²) in [5.41, 5.74) is 0. The van der Waals surface area contributed by atoms with Gasteiger partial charge in [-0.15, -0.1) is 0 Å². The zero-order valence-corrected chi connectivity index (χ0v) is 5.68. The molecule has 0 fully saturated rings. The largest absolute Gasteiger partial charge is 0.460 e. The second-order valence-electron chi connectivity index (χ2n) is 1.78. The van der Waals surface area contributed by atoms with Crippen molar-refractivity contribution in [2.75, 3.05) is 26.8 Å². The van der Waals surface area contributed by atoms with E-state index in [0.717, 1.165) is 19.8 Å². The van der Waals surface area contributed by atoms with Crippen LogP contribution >= 0.6 is 0 Å². The van der Waals surface area contributed by atoms with Crippen molar-refractivity contribution in [1.29, 1.82) is 0 Å². The summed E-state index contributed by atoms with van der Waals surface area (Å²) in [4.78, 5) is 1.86. The summed E-state index contributed by atoms with van der Waals surface area (Å²) in [6, 6.07) is 0. The van der Waals surface area contributed by atoms with E-state index in [2.05, 4.69) is 7.05 Å². The second kappa shape index (κ2) is 5.06. The van der Waals surface area contributed by atoms with Crippen molar-refractivity contribution < 1.29 is 4.74 Å². The molecule has 0 N–H and O–H groups in total. The zero-order valence-electron chi connectivity index (χ0n) is 5.68. The minimum atomic E-state index is 0.788. The molecular weight excluding hydrogens is 102 g/mol. The van der Waals surface area contributed by atoms with Crippen LogP contribution in [0.4, 0.5) is 0 Å². The maximum atomic E-state index is 5.06. The van der Waals surface area contributed by atoms with Gasteiger partial charge in [-0.25, -0.2) is 0 Å². The maximum Gasteiger partial charge on any atom is 0.0569 e. The Morgan fingerprint density at radius 1 is 1.62 bits per heavy atom. The minimum absolute atomic E-state index is 0.788. The van der Waals surface area contributed by atoms with Crippen LogP contribution in [-0.4, -0.2) is 31.7 Å². The summed E-state index contributed by atoms with van der Waals surface area (Å²) in [6.07, 6.45) is 0. The summed E-state index contributed by atoms with van der Waals surface area (Å²) in [5, 5.41) is 0. The number of hydrogen-bond acceptors (Lipinski definition) is 2. The molecule has 0 aromatic heterocycles. The molecule has 2 nitrogen and oxygen atoms in total. The van der Waals surface area contributed by atoms with Crippen LogP contribution in [0.1, 0.15) is 6.92 Å². The van der Waals surface area contributed by atoms with Crippen LogP contribution in [0.2, 0.25) is 0 Å². The second-order valence-corrected chi connectivity index (χ2v) is 1.78. The first-order valence-corrected chi connectivity index (χ1v) is 2.86. The standard InChI is InChI=1S/C6H14NO/c1-4-8-6-5-7(2)3/h2,4-6H2,1,3H3/q-1. The Balaban J connectivity index is 2.72. The van der Waals surface area contributed by atoms with E-state index in [-0.39, 0.29) is 0 Å². The van der Waals surface area contributed by atoms with E-state index >= 15 is 0 Å². The molecule has 0 aromatic rings. The fraction of sp³-hybridized carbons (Fsp3) is 0.833. The molecule has 0 radical (unpaired) electrons. The van der Waals surface area contributed by atoms with E-state index in [0.29, 0.717) is 0 Å². The molecule has 0 aromatic carbocycles. The molecule has 0 saturated carbocycles. The van der Waals surface area contributed by atoms with E-state index in [9.17, 15) is 0 Å². The summed E-state index contributed by atoms with van der Waals surface area (Å²) >= 11 is 0. The lowest BCUT2D eigenvalue weighted by Crippen LogP contribution is -2.15. The van der Waals surface area contributed by atoms with Crippen LogP contribution in [0.15, 0.2) is 0 Å². The van der Waals surface area contributed by atoms with Gasteiger partial charge in [0.1, 0.15) is 0 Å². The highest BCUT2D eigenvalue weighted by Crippen LogP contribution is 1.77. The highest BCUT2D eigenvalue weighted by molar-refractivity contribution is 4.43. The lowest BCUT2D eigenvalue weighted by atomic mass is 10.6. The quantitative estimate of drug-likeness (QED) is 0.397. The topological polar surface area (TPSA) is 12.5 Å². The van der Waals surface area contributed by atoms with Gasteiger partial charge in [-0.3, -0.25) is 7.05 Å². The van der Waals surface area contributed by atoms with E-state index < -0.39 is 0 Å². The lowest BCUT2D eigenvalue weighted by Gasteiger charge is -2.16. The lowest BCUT2D eigenvalue weighted by molar-refractivity contribution is 0.133. The summed E-state index contributed by atoms with van der Waals surface area (Å²) in [5.74, 6) is 0. The van der Waals surface area contributed by atoms with Crippen molar-refractivity contribution in [3.05, 3.63) is 7.05 Å². The molecule has 0 saturated heterocycles. The van der Waals surface area contributed by atoms with Crippen molar-refractivity contribution in [3.63, 3.8) is 0 Å². The monoisotopic (exact) mass is 116 g/mol. The SMILES string of the molecule is [CH2-]N(C)CCOCC. The average Bonchev–Trinajstić information content (AvgIpc) is 1.66. The number of hydrogen-bond donors (Lipinski definition) is 0. The third-order valence-electron chi connectivity index (χ3n) is 0.821. The summed E-state index contributed by atoms with van der Waals surface area (Å²) < 4.78 is 5.06. The van der Waals surface area contributed by atoms with Gasteiger partial charge in [-0.05, 0) is 20.5 Å². The first-order valence-electron chi connectivity index (χ1n) is 2.86. The normalized spacial score (nSPS) is 10.5. The average molecular weight is 116 g/mol. The third kappa shape index (κ3) is 5.92. The number of nitrogens with zero attached hydrogens (tertiary/aromatic N) is 1. The van der Waals surface area contributed by atoms with Crippen LogP contribution in [0.5, 0.6) is 0 Å². The van der Waals surface area contributed by atoms with E-state index in [4.69, 9.17) is 4.74 Å². The Kier molecular flexibility index (Phi) is 5.01. The molecule has 0 bridgehead atoms. The van der Waals surface area contributed by atoms with Crippen LogP contribution in [-0.2, 0) is 4.74 Å². The Hall–Kier alpha value is -0.0800. The zero-order chi connectivity index (χ0) is 6.41. The molecule has 0 amide bonds. The van der Waals surface area contributed by atoms with Crippen LogP contribution < -0.4 is 0 Å². The Bertz CT molecular complexity index is 45.8. The van der Waals surface area contributed by atoms with Gasteiger partial charge in [0.2, 0.25) is 0 Å². The molecule has 0 aliphatic heterocycles. The van der Waals surface area contributed by atoms with Gasteiger partial charge in [0, 0.05) is 6.61 Å². The smallest absolute Gasteiger partial charge is 0.0569 e. The number of ether oxygens (including phenoxy) is 1. The molecule has 0 spiro atoms. The van der Waals surface area contributed by atoms with Crippen LogP contribution in [0, 0.1) is 7.05 Å². The molecule has 0 atom stereocenters. The fourth-order valence-corrected chi connectivity index (χ4v) is 0.365. The molecule has 0 aliphatic rings. The molecule has 0 rings (SSSR count). The molecule has 8 heavy (non-hydrogen) atoms. The molecule has 50 valence electrons. The van der Waals surface area contributed by atoms with Gasteiger partial charge in [-0.1, -0.05) is 0 Å². The first-order chi connectivity index (χ1) is 3.77. The Labute approximate surface area is 51.4 Å². The van der Waals surface area contributed by atoms with Crippen LogP contribution in [0.3, 0.4) is 0 Å². The van der Waals surface area contributed by atoms with Crippen molar-refractivity contribution >= 4 is 0 Å². The van der Waals surface area contributed by atoms with Gasteiger partial charge in [-0.2, -0.15) is 0 Å². The number of likely N-dealkylation sites (N-methyl/N-ethyl adjacent to an activating group) is 1. The van der Waals surface area contributed by atoms with Gasteiger partial charge in [0.25, 0.3) is 0 Å². The molecule has 2 heteroatoms. The Morgan fingerprint density at radius 2 is 2.25 bits per heavy atom. The van der Waals surface area contributed by atoms with Gasteiger partial charge < -0.3 is 9.64 Å². The predicted octanol–water partition coefficient (Wildman–Crippen LogP) is 0.746. The van der Waals surface area contributed by atoms with Crippen molar-refractivity contribution in [2.24, 2.45) is 0 Å². The summed E-state index contributed by atoms with van der Waals surface area (Å²) in [6.45, 7) is 4.49. The van der Waals surface area contributed by atoms with Crippen LogP contribution in [0.25, 0.3) is 0 Å². The van der Waals surface area contributed by atoms with E-state index in [1.807, 2.05) is 18.9 Å². The molecule has 0 heterocycles. The van der Waals surface area contributed by atoms with Crippen molar-refractivity contribution in [2.45, 2.75) is 6.92 Å². The predicted molar refractivity (Wildman–Crippen MR) is 34.5 cm³/mol. The minimum Gasteiger partial charge on any atom is -0.460 e. The molecule has 0 aliphatic carbocycles. The highest BCUT2D eigenvalue weighted by atomic mass is 16.5. The van der Waals surface area contributed by atoms with Gasteiger partial charge >= 0.3 is 0 Å². The van der Waals surface area contributed by atoms with Gasteiger partial charge in [0.15, 0.2) is 0 Å². The maximum absolute atomic E-state index is 5.06. The molecule has 0 unspecified atom stereocenters. The molecular formula is C6H14NO-. The van der Waals surface area contributed by atoms with E-state index in [1.165, 1.54) is 0 Å².